The molecule has 1 unspecified atom stereocenters. The summed E-state index contributed by atoms with van der Waals surface area (Å²) in [5.74, 6) is 0.531. The molecule has 0 aliphatic carbocycles. The average molecular weight is 560 g/mol. The number of aromatic nitrogens is 4. The van der Waals surface area contributed by atoms with E-state index in [1.54, 1.807) is 24.4 Å². The number of Topliss-reactive ketones (excluding diaryl/α,β-unsaturated/α-hetero) is 1. The Hall–Kier alpha value is -3.40. The number of carbonyl (C=O) groups is 1. The van der Waals surface area contributed by atoms with Crippen molar-refractivity contribution in [2.24, 2.45) is 0 Å². The van der Waals surface area contributed by atoms with E-state index in [4.69, 9.17) is 27.9 Å². The fourth-order valence-corrected chi connectivity index (χ4v) is 3.96. The van der Waals surface area contributed by atoms with E-state index in [9.17, 15) is 14.4 Å². The molecule has 0 spiro atoms. The Morgan fingerprint density at radius 1 is 1.11 bits per heavy atom. The van der Waals surface area contributed by atoms with Crippen molar-refractivity contribution >= 4 is 39.9 Å². The molecule has 3 heterocycles. The molecule has 11 heteroatoms. The van der Waals surface area contributed by atoms with E-state index in [0.717, 1.165) is 10.2 Å². The Morgan fingerprint density at radius 3 is 2.29 bits per heavy atom. The van der Waals surface area contributed by atoms with Gasteiger partial charge in [-0.1, -0.05) is 63.7 Å². The van der Waals surface area contributed by atoms with Crippen LogP contribution in [0, 0.1) is 0 Å². The molecular formula is C27H31Cl2N5O4. The van der Waals surface area contributed by atoms with Gasteiger partial charge in [0.2, 0.25) is 0 Å². The van der Waals surface area contributed by atoms with Crippen LogP contribution in [-0.2, 0) is 0 Å². The van der Waals surface area contributed by atoms with Crippen LogP contribution in [0.25, 0.3) is 16.6 Å². The maximum absolute atomic E-state index is 12.3. The molecule has 38 heavy (non-hydrogen) atoms. The summed E-state index contributed by atoms with van der Waals surface area (Å²) in [7, 11) is 0. The van der Waals surface area contributed by atoms with E-state index in [2.05, 4.69) is 34.2 Å². The fourth-order valence-electron chi connectivity index (χ4n) is 3.41. The number of hydrogen-bond acceptors (Lipinski definition) is 6. The maximum Gasteiger partial charge on any atom is 0.349 e. The zero-order valence-electron chi connectivity index (χ0n) is 21.9. The third kappa shape index (κ3) is 6.53. The van der Waals surface area contributed by atoms with Gasteiger partial charge in [0.1, 0.15) is 11.4 Å². The first-order valence-electron chi connectivity index (χ1n) is 12.5. The minimum atomic E-state index is -0.713. The molecule has 4 aromatic rings. The van der Waals surface area contributed by atoms with Gasteiger partial charge in [0.05, 0.1) is 21.8 Å². The Bertz CT molecular complexity index is 1530. The van der Waals surface area contributed by atoms with Crippen LogP contribution in [0.15, 0.2) is 46.1 Å². The number of rotatable bonds is 6. The van der Waals surface area contributed by atoms with E-state index < -0.39 is 11.2 Å². The lowest BCUT2D eigenvalue weighted by Gasteiger charge is -2.13. The molecule has 3 N–H and O–H groups in total. The molecule has 1 saturated heterocycles. The molecule has 5 rings (SSSR count). The molecule has 1 fully saturated rings. The molecule has 2 aromatic heterocycles. The van der Waals surface area contributed by atoms with Crippen molar-refractivity contribution < 1.29 is 9.53 Å². The van der Waals surface area contributed by atoms with Gasteiger partial charge in [-0.05, 0) is 37.3 Å². The second-order valence-corrected chi connectivity index (χ2v) is 9.14. The molecular weight excluding hydrogens is 529 g/mol. The predicted molar refractivity (Wildman–Crippen MR) is 152 cm³/mol. The highest BCUT2D eigenvalue weighted by molar-refractivity contribution is 6.37. The summed E-state index contributed by atoms with van der Waals surface area (Å²) < 4.78 is 6.93. The van der Waals surface area contributed by atoms with Gasteiger partial charge in [0.25, 0.3) is 5.56 Å². The normalized spacial score (nSPS) is 13.7. The lowest BCUT2D eigenvalue weighted by Crippen LogP contribution is -2.34. The van der Waals surface area contributed by atoms with Gasteiger partial charge in [0, 0.05) is 29.2 Å². The van der Waals surface area contributed by atoms with Crippen molar-refractivity contribution in [1.82, 2.24) is 25.1 Å². The van der Waals surface area contributed by atoms with Crippen molar-refractivity contribution in [3.05, 3.63) is 78.7 Å². The zero-order chi connectivity index (χ0) is 28.0. The Morgan fingerprint density at radius 2 is 1.74 bits per heavy atom. The number of aromatic amines is 2. The molecule has 1 aliphatic heterocycles. The molecule has 202 valence electrons. The highest BCUT2D eigenvalue weighted by atomic mass is 35.5. The van der Waals surface area contributed by atoms with Crippen LogP contribution in [0.3, 0.4) is 0 Å². The van der Waals surface area contributed by atoms with Crippen molar-refractivity contribution in [2.45, 2.75) is 53.5 Å². The van der Waals surface area contributed by atoms with Crippen LogP contribution >= 0.6 is 23.2 Å². The quantitative estimate of drug-likeness (QED) is 0.191. The summed E-state index contributed by atoms with van der Waals surface area (Å²) in [6, 6.07) is 7.95. The predicted octanol–water partition coefficient (Wildman–Crippen LogP) is 6.18. The largest absolute Gasteiger partial charge is 0.454 e. The number of H-pyrrole nitrogens is 2. The molecule has 9 nitrogen and oxygen atoms in total. The average Bonchev–Trinajstić information content (AvgIpc) is 3.65. The summed E-state index contributed by atoms with van der Waals surface area (Å²) in [4.78, 5) is 41.4. The van der Waals surface area contributed by atoms with Gasteiger partial charge >= 0.3 is 5.69 Å². The van der Waals surface area contributed by atoms with Gasteiger partial charge in [-0.2, -0.15) is 9.78 Å². The van der Waals surface area contributed by atoms with Crippen molar-refractivity contribution in [2.75, 3.05) is 6.54 Å². The fraction of sp³-hybridized carbons (Fsp3) is 0.333. The van der Waals surface area contributed by atoms with Crippen LogP contribution in [0.1, 0.15) is 69.6 Å². The Labute approximate surface area is 230 Å². The van der Waals surface area contributed by atoms with Gasteiger partial charge in [-0.25, -0.2) is 4.79 Å². The standard InChI is InChI=1S/C21H15Cl2N5O4.C4H10.C2H6/c1-9(29)13-7-24-16-3-2-11(6-12(13)16)32-19-14(22)4-10(5-15(19)23)28-21(31)26-20(30)18(27-28)17-8-25-17;1-3-4-2;1-2/h2-7,17,24-25H,8H2,1H3,(H,26,30,31);3-4H2,1-2H3;1-2H3. The number of unbranched alkanes of at least 4 members (excludes halogenated alkanes) is 1. The van der Waals surface area contributed by atoms with Crippen LogP contribution in [0.4, 0.5) is 0 Å². The van der Waals surface area contributed by atoms with E-state index in [1.165, 1.54) is 31.9 Å². The molecule has 1 aliphatic rings. The number of nitrogens with zero attached hydrogens (tertiary/aromatic N) is 2. The number of fused-ring (bicyclic) bond motifs is 1. The number of carbonyl (C=O) groups excluding carboxylic acids is 1. The first kappa shape index (κ1) is 29.2. The van der Waals surface area contributed by atoms with Gasteiger partial charge < -0.3 is 15.0 Å². The maximum atomic E-state index is 12.3. The first-order chi connectivity index (χ1) is 18.2. The highest BCUT2D eigenvalue weighted by Crippen LogP contribution is 2.39. The lowest BCUT2D eigenvalue weighted by molar-refractivity contribution is 0.101. The number of ketones is 1. The summed E-state index contributed by atoms with van der Waals surface area (Å²) in [5.41, 5.74) is 0.564. The number of benzene rings is 2. The Kier molecular flexibility index (Phi) is 9.90. The molecule has 0 saturated carbocycles. The summed E-state index contributed by atoms with van der Waals surface area (Å²) in [5, 5.41) is 8.12. The summed E-state index contributed by atoms with van der Waals surface area (Å²) in [6.07, 6.45) is 4.28. The minimum Gasteiger partial charge on any atom is -0.454 e. The number of hydrogen-bond donors (Lipinski definition) is 3. The SMILES string of the molecule is CC.CC(=O)c1c[nH]c2ccc(Oc3c(Cl)cc(-n4nc(C5CN5)c(=O)[nH]c4=O)cc3Cl)cc12.CCCC. The first-order valence-corrected chi connectivity index (χ1v) is 13.2. The smallest absolute Gasteiger partial charge is 0.349 e. The highest BCUT2D eigenvalue weighted by Gasteiger charge is 2.28. The summed E-state index contributed by atoms with van der Waals surface area (Å²) >= 11 is 12.8. The topological polar surface area (TPSA) is 132 Å². The second kappa shape index (κ2) is 12.9. The Balaban J connectivity index is 0.000000612. The number of nitrogens with one attached hydrogen (secondary N) is 3. The third-order valence-corrected chi connectivity index (χ3v) is 6.13. The van der Waals surface area contributed by atoms with Crippen molar-refractivity contribution in [3.8, 4) is 17.2 Å². The molecule has 0 bridgehead atoms. The molecule has 0 radical (unpaired) electrons. The van der Waals surface area contributed by atoms with E-state index in [1.807, 2.05) is 13.8 Å². The van der Waals surface area contributed by atoms with Crippen LogP contribution in [0.2, 0.25) is 10.0 Å². The monoisotopic (exact) mass is 559 g/mol. The van der Waals surface area contributed by atoms with Gasteiger partial charge in [-0.3, -0.25) is 14.6 Å². The third-order valence-electron chi connectivity index (χ3n) is 5.57. The molecule has 0 amide bonds. The van der Waals surface area contributed by atoms with Crippen LogP contribution < -0.4 is 21.3 Å². The number of ether oxygens (including phenoxy) is 1. The zero-order valence-corrected chi connectivity index (χ0v) is 23.5. The lowest BCUT2D eigenvalue weighted by atomic mass is 10.1. The van der Waals surface area contributed by atoms with Gasteiger partial charge in [0.15, 0.2) is 11.5 Å². The van der Waals surface area contributed by atoms with Gasteiger partial charge in [-0.15, -0.1) is 0 Å². The number of halogens is 2. The molecule has 2 aromatic carbocycles. The molecule has 1 atom stereocenters. The van der Waals surface area contributed by atoms with E-state index in [0.29, 0.717) is 23.2 Å². The van der Waals surface area contributed by atoms with Crippen LogP contribution in [-0.4, -0.2) is 32.1 Å². The van der Waals surface area contributed by atoms with Crippen molar-refractivity contribution in [3.63, 3.8) is 0 Å². The minimum absolute atomic E-state index is 0.0755. The summed E-state index contributed by atoms with van der Waals surface area (Å²) in [6.45, 7) is 10.5. The van der Waals surface area contributed by atoms with E-state index in [-0.39, 0.29) is 39.0 Å². The van der Waals surface area contributed by atoms with Crippen LogP contribution in [0.5, 0.6) is 11.5 Å². The second-order valence-electron chi connectivity index (χ2n) is 8.32. The van der Waals surface area contributed by atoms with E-state index >= 15 is 0 Å². The van der Waals surface area contributed by atoms with Crippen molar-refractivity contribution in [1.29, 1.82) is 0 Å².